The normalized spacial score (nSPS) is 23.7. The maximum Gasteiger partial charge on any atom is 3.00 e. The summed E-state index contributed by atoms with van der Waals surface area (Å²) in [5.74, 6) is 0. The minimum atomic E-state index is 0. The van der Waals surface area contributed by atoms with E-state index in [9.17, 15) is 0 Å². The molecule has 0 fully saturated rings. The third-order valence-corrected chi connectivity index (χ3v) is 3.17. The van der Waals surface area contributed by atoms with Gasteiger partial charge in [-0.2, -0.15) is 11.1 Å². The van der Waals surface area contributed by atoms with Crippen LogP contribution in [0.4, 0.5) is 0 Å². The second kappa shape index (κ2) is 7.49. The molecular formula is C12H19F2Zr. The van der Waals surface area contributed by atoms with Crippen molar-refractivity contribution >= 4 is 0 Å². The predicted octanol–water partition coefficient (Wildman–Crippen LogP) is -2.10. The molecule has 0 heterocycles. The van der Waals surface area contributed by atoms with E-state index in [0.29, 0.717) is 0 Å². The molecule has 0 saturated carbocycles. The molecule has 0 aliphatic heterocycles. The molecule has 15 heavy (non-hydrogen) atoms. The van der Waals surface area contributed by atoms with Gasteiger partial charge in [0.1, 0.15) is 0 Å². The topological polar surface area (TPSA) is 0 Å². The zero-order chi connectivity index (χ0) is 9.35. The monoisotopic (exact) mass is 291 g/mol. The SMILES string of the molecule is CCCC1(C)[C-]=C(C)C(C)=C1C.[F-].[F-].[Zr+3]. The summed E-state index contributed by atoms with van der Waals surface area (Å²) in [5, 5.41) is 0. The molecule has 0 nitrogen and oxygen atoms in total. The average molecular weight is 293 g/mol. The summed E-state index contributed by atoms with van der Waals surface area (Å²) in [7, 11) is 0. The number of rotatable bonds is 2. The Labute approximate surface area is 111 Å². The summed E-state index contributed by atoms with van der Waals surface area (Å²) in [4.78, 5) is 0. The molecule has 0 saturated heterocycles. The molecule has 1 unspecified atom stereocenters. The van der Waals surface area contributed by atoms with Crippen LogP contribution in [0.25, 0.3) is 0 Å². The van der Waals surface area contributed by atoms with E-state index in [2.05, 4.69) is 40.7 Å². The molecule has 1 rings (SSSR count). The second-order valence-corrected chi connectivity index (χ2v) is 4.08. The first kappa shape index (κ1) is 20.6. The number of halogens is 2. The van der Waals surface area contributed by atoms with Crippen LogP contribution in [0.3, 0.4) is 0 Å². The van der Waals surface area contributed by atoms with Gasteiger partial charge in [-0.25, -0.2) is 5.57 Å². The van der Waals surface area contributed by atoms with Crippen LogP contribution in [0.15, 0.2) is 16.7 Å². The van der Waals surface area contributed by atoms with E-state index in [1.54, 1.807) is 0 Å². The Kier molecular flexibility index (Phi) is 10.3. The molecule has 1 aliphatic carbocycles. The van der Waals surface area contributed by atoms with Gasteiger partial charge >= 0.3 is 26.2 Å². The van der Waals surface area contributed by atoms with Gasteiger partial charge in [-0.1, -0.05) is 46.0 Å². The van der Waals surface area contributed by atoms with Crippen molar-refractivity contribution in [3.63, 3.8) is 0 Å². The Hall–Kier alpha value is 0.223. The summed E-state index contributed by atoms with van der Waals surface area (Å²) in [6.07, 6.45) is 6.04. The fourth-order valence-corrected chi connectivity index (χ4v) is 2.05. The summed E-state index contributed by atoms with van der Waals surface area (Å²) >= 11 is 0. The van der Waals surface area contributed by atoms with Crippen molar-refractivity contribution in [2.45, 2.75) is 47.5 Å². The largest absolute Gasteiger partial charge is 3.00 e. The van der Waals surface area contributed by atoms with Crippen LogP contribution in [-0.4, -0.2) is 0 Å². The van der Waals surface area contributed by atoms with Gasteiger partial charge in [-0.3, -0.25) is 6.08 Å². The van der Waals surface area contributed by atoms with Crippen molar-refractivity contribution in [1.82, 2.24) is 0 Å². The van der Waals surface area contributed by atoms with Gasteiger partial charge in [0.15, 0.2) is 0 Å². The van der Waals surface area contributed by atoms with Gasteiger partial charge in [0.05, 0.1) is 0 Å². The summed E-state index contributed by atoms with van der Waals surface area (Å²) in [5.41, 5.74) is 4.55. The van der Waals surface area contributed by atoms with E-state index in [-0.39, 0.29) is 41.0 Å². The molecule has 1 radical (unpaired) electrons. The summed E-state index contributed by atoms with van der Waals surface area (Å²) < 4.78 is 0. The van der Waals surface area contributed by atoms with Crippen LogP contribution in [-0.2, 0) is 26.2 Å². The zero-order valence-electron chi connectivity index (χ0n) is 10.2. The Morgan fingerprint density at radius 2 is 1.60 bits per heavy atom. The molecule has 0 aromatic heterocycles. The third-order valence-electron chi connectivity index (χ3n) is 3.17. The van der Waals surface area contributed by atoms with Crippen molar-refractivity contribution in [3.8, 4) is 0 Å². The van der Waals surface area contributed by atoms with Gasteiger partial charge in [0.25, 0.3) is 0 Å². The molecule has 0 bridgehead atoms. The second-order valence-electron chi connectivity index (χ2n) is 4.08. The van der Waals surface area contributed by atoms with Crippen LogP contribution in [0.1, 0.15) is 47.5 Å². The number of allylic oxidation sites excluding steroid dienone is 4. The van der Waals surface area contributed by atoms with Crippen molar-refractivity contribution in [2.24, 2.45) is 5.41 Å². The molecule has 1 atom stereocenters. The van der Waals surface area contributed by atoms with E-state index in [0.717, 1.165) is 0 Å². The Morgan fingerprint density at radius 3 is 1.87 bits per heavy atom. The van der Waals surface area contributed by atoms with E-state index in [1.807, 2.05) is 0 Å². The van der Waals surface area contributed by atoms with Crippen molar-refractivity contribution in [2.75, 3.05) is 0 Å². The molecule has 0 aromatic rings. The van der Waals surface area contributed by atoms with Crippen molar-refractivity contribution in [3.05, 3.63) is 22.8 Å². The maximum atomic E-state index is 3.57. The Morgan fingerprint density at radius 1 is 1.13 bits per heavy atom. The van der Waals surface area contributed by atoms with E-state index in [4.69, 9.17) is 0 Å². The number of hydrogen-bond donors (Lipinski definition) is 0. The molecule has 3 heteroatoms. The smallest absolute Gasteiger partial charge is 1.00 e. The molecule has 1 aliphatic rings. The molecule has 0 aromatic carbocycles. The van der Waals surface area contributed by atoms with Gasteiger partial charge in [-0.05, 0) is 0 Å². The molecule has 85 valence electrons. The van der Waals surface area contributed by atoms with E-state index >= 15 is 0 Å². The molecule has 0 spiro atoms. The zero-order valence-corrected chi connectivity index (χ0v) is 12.6. The first-order chi connectivity index (χ1) is 5.51. The minimum absolute atomic E-state index is 0. The predicted molar refractivity (Wildman–Crippen MR) is 53.8 cm³/mol. The van der Waals surface area contributed by atoms with Crippen molar-refractivity contribution < 1.29 is 35.6 Å². The first-order valence-electron chi connectivity index (χ1n) is 4.81. The minimum Gasteiger partial charge on any atom is -1.00 e. The van der Waals surface area contributed by atoms with Crippen molar-refractivity contribution in [1.29, 1.82) is 0 Å². The quantitative estimate of drug-likeness (QED) is 0.512. The van der Waals surface area contributed by atoms with Gasteiger partial charge in [0, 0.05) is 0 Å². The fourth-order valence-electron chi connectivity index (χ4n) is 2.05. The maximum absolute atomic E-state index is 3.57. The summed E-state index contributed by atoms with van der Waals surface area (Å²) in [6.45, 7) is 11.2. The van der Waals surface area contributed by atoms with E-state index < -0.39 is 0 Å². The van der Waals surface area contributed by atoms with Gasteiger partial charge < -0.3 is 9.41 Å². The first-order valence-corrected chi connectivity index (χ1v) is 4.81. The van der Waals surface area contributed by atoms with Gasteiger partial charge in [0.2, 0.25) is 0 Å². The molecule has 0 N–H and O–H groups in total. The van der Waals surface area contributed by atoms with Crippen LogP contribution in [0.2, 0.25) is 0 Å². The third kappa shape index (κ3) is 3.94. The number of hydrogen-bond acceptors (Lipinski definition) is 0. The van der Waals surface area contributed by atoms with Crippen LogP contribution < -0.4 is 9.41 Å². The van der Waals surface area contributed by atoms with Crippen LogP contribution >= 0.6 is 0 Å². The average Bonchev–Trinajstić information content (AvgIpc) is 2.17. The Balaban J connectivity index is -0.000000480. The van der Waals surface area contributed by atoms with Crippen LogP contribution in [0, 0.1) is 11.5 Å². The molecule has 0 amide bonds. The standard InChI is InChI=1S/C12H19.2FH.Zr/c1-6-7-12(5)8-9(2)10(3)11(12)4;;;/h6-7H2,1-5H3;2*1H;/q-1;;;+3/p-2. The van der Waals surface area contributed by atoms with Gasteiger partial charge in [-0.15, -0.1) is 6.92 Å². The summed E-state index contributed by atoms with van der Waals surface area (Å²) in [6, 6.07) is 0. The Bertz CT molecular complexity index is 256. The fraction of sp³-hybridized carbons (Fsp3) is 0.667. The molecular weight excluding hydrogens is 273 g/mol. The van der Waals surface area contributed by atoms with Crippen LogP contribution in [0.5, 0.6) is 0 Å². The van der Waals surface area contributed by atoms with E-state index in [1.165, 1.54) is 29.6 Å².